The van der Waals surface area contributed by atoms with E-state index in [2.05, 4.69) is 5.32 Å². The predicted octanol–water partition coefficient (Wildman–Crippen LogP) is 1.79. The minimum absolute atomic E-state index is 0.369. The lowest BCUT2D eigenvalue weighted by atomic mass is 10.0. The van der Waals surface area contributed by atoms with E-state index in [-0.39, 0.29) is 5.91 Å². The van der Waals surface area contributed by atoms with Gasteiger partial charge in [0.25, 0.3) is 5.91 Å². The molecule has 1 unspecified atom stereocenters. The van der Waals surface area contributed by atoms with Gasteiger partial charge in [-0.1, -0.05) is 25.1 Å². The molecule has 0 aliphatic rings. The number of hydrogen-bond donors (Lipinski definition) is 2. The highest BCUT2D eigenvalue weighted by molar-refractivity contribution is 5.96. The fourth-order valence-corrected chi connectivity index (χ4v) is 0.948. The summed E-state index contributed by atoms with van der Waals surface area (Å²) in [4.78, 5) is 11.5. The van der Waals surface area contributed by atoms with E-state index in [0.717, 1.165) is 0 Å². The third kappa shape index (κ3) is 2.57. The van der Waals surface area contributed by atoms with Gasteiger partial charge in [0.1, 0.15) is 5.60 Å². The molecule has 1 aromatic carbocycles. The minimum Gasteiger partial charge on any atom is -0.380 e. The molecule has 0 radical (unpaired) electrons. The van der Waals surface area contributed by atoms with Crippen molar-refractivity contribution in [1.29, 1.82) is 0 Å². The second-order valence-corrected chi connectivity index (χ2v) is 3.45. The Kier molecular flexibility index (Phi) is 3.25. The molecule has 0 saturated heterocycles. The lowest BCUT2D eigenvalue weighted by molar-refractivity contribution is -0.132. The fraction of sp³-hybridized carbons (Fsp3) is 0.364. The highest BCUT2D eigenvalue weighted by atomic mass is 16.3. The number of carbonyl (C=O) groups is 1. The average molecular weight is 193 g/mol. The molecule has 14 heavy (non-hydrogen) atoms. The molecule has 2 N–H and O–H groups in total. The Labute approximate surface area is 83.8 Å². The van der Waals surface area contributed by atoms with Crippen molar-refractivity contribution in [3.63, 3.8) is 0 Å². The van der Waals surface area contributed by atoms with Gasteiger partial charge in [-0.25, -0.2) is 0 Å². The van der Waals surface area contributed by atoms with Gasteiger partial charge in [-0.2, -0.15) is 0 Å². The Balaban J connectivity index is 2.67. The predicted molar refractivity (Wildman–Crippen MR) is 56.0 cm³/mol. The SMILES string of the molecule is CCC(C)(O)C(=O)Nc1ccccc1. The first-order valence-corrected chi connectivity index (χ1v) is 4.65. The lowest BCUT2D eigenvalue weighted by Crippen LogP contribution is -2.39. The highest BCUT2D eigenvalue weighted by Gasteiger charge is 2.27. The molecular weight excluding hydrogens is 178 g/mol. The zero-order valence-electron chi connectivity index (χ0n) is 8.45. The van der Waals surface area contributed by atoms with Crippen molar-refractivity contribution >= 4 is 11.6 Å². The molecule has 1 amide bonds. The number of benzene rings is 1. The summed E-state index contributed by atoms with van der Waals surface area (Å²) in [5.41, 5.74) is -0.596. The van der Waals surface area contributed by atoms with Crippen LogP contribution in [0.1, 0.15) is 20.3 Å². The number of aliphatic hydroxyl groups is 1. The van der Waals surface area contributed by atoms with Crippen molar-refractivity contribution < 1.29 is 9.90 Å². The molecule has 0 aromatic heterocycles. The molecule has 0 bridgehead atoms. The smallest absolute Gasteiger partial charge is 0.256 e. The van der Waals surface area contributed by atoms with Crippen molar-refractivity contribution in [2.75, 3.05) is 5.32 Å². The van der Waals surface area contributed by atoms with Crippen molar-refractivity contribution in [2.45, 2.75) is 25.9 Å². The normalized spacial score (nSPS) is 14.5. The molecule has 1 aromatic rings. The van der Waals surface area contributed by atoms with E-state index < -0.39 is 5.60 Å². The van der Waals surface area contributed by atoms with Crippen LogP contribution in [-0.2, 0) is 4.79 Å². The van der Waals surface area contributed by atoms with Crippen LogP contribution in [0.2, 0.25) is 0 Å². The summed E-state index contributed by atoms with van der Waals surface area (Å²) < 4.78 is 0. The number of hydrogen-bond acceptors (Lipinski definition) is 2. The summed E-state index contributed by atoms with van der Waals surface area (Å²) in [6.45, 7) is 3.27. The molecule has 1 rings (SSSR count). The van der Waals surface area contributed by atoms with Crippen LogP contribution < -0.4 is 5.32 Å². The van der Waals surface area contributed by atoms with Gasteiger partial charge in [-0.3, -0.25) is 4.79 Å². The maximum absolute atomic E-state index is 11.5. The van der Waals surface area contributed by atoms with Crippen LogP contribution in [0.25, 0.3) is 0 Å². The van der Waals surface area contributed by atoms with E-state index in [1.165, 1.54) is 6.92 Å². The summed E-state index contributed by atoms with van der Waals surface area (Å²) in [6.07, 6.45) is 0.395. The fourth-order valence-electron chi connectivity index (χ4n) is 0.948. The third-order valence-electron chi connectivity index (χ3n) is 2.21. The average Bonchev–Trinajstić information content (AvgIpc) is 2.19. The van der Waals surface area contributed by atoms with Crippen molar-refractivity contribution in [1.82, 2.24) is 0 Å². The topological polar surface area (TPSA) is 49.3 Å². The summed E-state index contributed by atoms with van der Waals surface area (Å²) in [6, 6.07) is 9.09. The van der Waals surface area contributed by atoms with Crippen molar-refractivity contribution in [2.24, 2.45) is 0 Å². The first-order chi connectivity index (χ1) is 6.56. The second-order valence-electron chi connectivity index (χ2n) is 3.45. The van der Waals surface area contributed by atoms with Crippen molar-refractivity contribution in [3.05, 3.63) is 30.3 Å². The first kappa shape index (κ1) is 10.7. The molecule has 0 spiro atoms. The largest absolute Gasteiger partial charge is 0.380 e. The molecule has 0 fully saturated rings. The van der Waals surface area contributed by atoms with E-state index in [1.54, 1.807) is 19.1 Å². The Morgan fingerprint density at radius 3 is 2.50 bits per heavy atom. The standard InChI is InChI=1S/C11H15NO2/c1-3-11(2,14)10(13)12-9-7-5-4-6-8-9/h4-8,14H,3H2,1-2H3,(H,12,13). The van der Waals surface area contributed by atoms with Crippen LogP contribution in [0.3, 0.4) is 0 Å². The van der Waals surface area contributed by atoms with Crippen LogP contribution in [0, 0.1) is 0 Å². The molecule has 3 heteroatoms. The number of amides is 1. The number of para-hydroxylation sites is 1. The Hall–Kier alpha value is -1.35. The van der Waals surface area contributed by atoms with Gasteiger partial charge < -0.3 is 10.4 Å². The number of anilines is 1. The van der Waals surface area contributed by atoms with Crippen LogP contribution in [0.15, 0.2) is 30.3 Å². The zero-order valence-corrected chi connectivity index (χ0v) is 8.45. The molecule has 0 aliphatic carbocycles. The van der Waals surface area contributed by atoms with Crippen molar-refractivity contribution in [3.8, 4) is 0 Å². The van der Waals surface area contributed by atoms with E-state index >= 15 is 0 Å². The summed E-state index contributed by atoms with van der Waals surface area (Å²) in [5, 5.41) is 12.3. The van der Waals surface area contributed by atoms with Crippen LogP contribution in [-0.4, -0.2) is 16.6 Å². The summed E-state index contributed by atoms with van der Waals surface area (Å²) >= 11 is 0. The minimum atomic E-state index is -1.30. The maximum Gasteiger partial charge on any atom is 0.256 e. The Morgan fingerprint density at radius 2 is 2.00 bits per heavy atom. The lowest BCUT2D eigenvalue weighted by Gasteiger charge is -2.20. The molecule has 0 aliphatic heterocycles. The summed E-state index contributed by atoms with van der Waals surface area (Å²) in [7, 11) is 0. The van der Waals surface area contributed by atoms with E-state index in [1.807, 2.05) is 18.2 Å². The first-order valence-electron chi connectivity index (χ1n) is 4.65. The zero-order chi connectivity index (χ0) is 10.6. The van der Waals surface area contributed by atoms with Gasteiger partial charge in [0, 0.05) is 5.69 Å². The molecular formula is C11H15NO2. The van der Waals surface area contributed by atoms with E-state index in [0.29, 0.717) is 12.1 Å². The van der Waals surface area contributed by atoms with Crippen LogP contribution in [0.4, 0.5) is 5.69 Å². The molecule has 76 valence electrons. The van der Waals surface area contributed by atoms with Gasteiger partial charge in [-0.05, 0) is 25.5 Å². The molecule has 0 heterocycles. The van der Waals surface area contributed by atoms with Gasteiger partial charge in [0.2, 0.25) is 0 Å². The van der Waals surface area contributed by atoms with Gasteiger partial charge in [0.15, 0.2) is 0 Å². The van der Waals surface area contributed by atoms with E-state index in [4.69, 9.17) is 0 Å². The quantitative estimate of drug-likeness (QED) is 0.768. The van der Waals surface area contributed by atoms with Gasteiger partial charge >= 0.3 is 0 Å². The van der Waals surface area contributed by atoms with Gasteiger partial charge in [-0.15, -0.1) is 0 Å². The highest BCUT2D eigenvalue weighted by Crippen LogP contribution is 2.13. The number of nitrogens with one attached hydrogen (secondary N) is 1. The van der Waals surface area contributed by atoms with E-state index in [9.17, 15) is 9.90 Å². The maximum atomic E-state index is 11.5. The second kappa shape index (κ2) is 4.24. The monoisotopic (exact) mass is 193 g/mol. The van der Waals surface area contributed by atoms with Gasteiger partial charge in [0.05, 0.1) is 0 Å². The number of rotatable bonds is 3. The molecule has 1 atom stereocenters. The summed E-state index contributed by atoms with van der Waals surface area (Å²) in [5.74, 6) is -0.369. The molecule has 0 saturated carbocycles. The Bertz CT molecular complexity index is 306. The third-order valence-corrected chi connectivity index (χ3v) is 2.21. The molecule has 3 nitrogen and oxygen atoms in total. The Morgan fingerprint density at radius 1 is 1.43 bits per heavy atom. The van der Waals surface area contributed by atoms with Crippen LogP contribution in [0.5, 0.6) is 0 Å². The van der Waals surface area contributed by atoms with Crippen LogP contribution >= 0.6 is 0 Å². The number of carbonyl (C=O) groups excluding carboxylic acids is 1.